The van der Waals surface area contributed by atoms with Gasteiger partial charge in [-0.25, -0.2) is 0 Å². The highest BCUT2D eigenvalue weighted by molar-refractivity contribution is 4.80. The van der Waals surface area contributed by atoms with Gasteiger partial charge >= 0.3 is 0 Å². The van der Waals surface area contributed by atoms with Gasteiger partial charge in [-0.3, -0.25) is 4.90 Å². The summed E-state index contributed by atoms with van der Waals surface area (Å²) < 4.78 is 5.62. The van der Waals surface area contributed by atoms with Gasteiger partial charge in [-0.15, -0.1) is 0 Å². The molecule has 0 saturated carbocycles. The smallest absolute Gasteiger partial charge is 0.0791 e. The standard InChI is InChI=1S/C11H24N2O2/c1-4-12-7-10(14)8-13-5-6-15-11(2,3)9-13/h10,12,14H,4-9H2,1-3H3. The maximum atomic E-state index is 9.76. The van der Waals surface area contributed by atoms with E-state index in [0.717, 1.165) is 32.8 Å². The minimum Gasteiger partial charge on any atom is -0.390 e. The Kier molecular flexibility index (Phi) is 4.99. The van der Waals surface area contributed by atoms with Gasteiger partial charge in [0.1, 0.15) is 0 Å². The molecule has 0 aromatic rings. The van der Waals surface area contributed by atoms with E-state index in [-0.39, 0.29) is 11.7 Å². The van der Waals surface area contributed by atoms with Crippen LogP contribution in [-0.4, -0.2) is 61.0 Å². The number of likely N-dealkylation sites (N-methyl/N-ethyl adjacent to an activating group) is 1. The van der Waals surface area contributed by atoms with Crippen LogP contribution in [0, 0.1) is 0 Å². The molecule has 4 heteroatoms. The van der Waals surface area contributed by atoms with Crippen molar-refractivity contribution in [1.29, 1.82) is 0 Å². The second-order valence-electron chi connectivity index (χ2n) is 4.80. The van der Waals surface area contributed by atoms with Crippen molar-refractivity contribution in [1.82, 2.24) is 10.2 Å². The lowest BCUT2D eigenvalue weighted by Crippen LogP contribution is -2.51. The van der Waals surface area contributed by atoms with Gasteiger partial charge < -0.3 is 15.2 Å². The van der Waals surface area contributed by atoms with Crippen LogP contribution in [0.2, 0.25) is 0 Å². The zero-order chi connectivity index (χ0) is 11.3. The Labute approximate surface area is 92.6 Å². The molecule has 0 aromatic heterocycles. The van der Waals surface area contributed by atoms with E-state index in [9.17, 15) is 5.11 Å². The van der Waals surface area contributed by atoms with Crippen LogP contribution in [0.4, 0.5) is 0 Å². The zero-order valence-electron chi connectivity index (χ0n) is 10.1. The fraction of sp³-hybridized carbons (Fsp3) is 1.00. The first-order chi connectivity index (χ1) is 7.03. The van der Waals surface area contributed by atoms with E-state index in [0.29, 0.717) is 6.54 Å². The van der Waals surface area contributed by atoms with Gasteiger partial charge in [0.2, 0.25) is 0 Å². The highest BCUT2D eigenvalue weighted by atomic mass is 16.5. The van der Waals surface area contributed by atoms with Gasteiger partial charge in [0.15, 0.2) is 0 Å². The van der Waals surface area contributed by atoms with E-state index < -0.39 is 0 Å². The molecule has 1 aliphatic heterocycles. The lowest BCUT2D eigenvalue weighted by Gasteiger charge is -2.38. The molecule has 1 fully saturated rings. The van der Waals surface area contributed by atoms with Gasteiger partial charge in [0, 0.05) is 26.2 Å². The molecule has 1 atom stereocenters. The van der Waals surface area contributed by atoms with Crippen molar-refractivity contribution in [2.45, 2.75) is 32.5 Å². The van der Waals surface area contributed by atoms with E-state index in [1.807, 2.05) is 6.92 Å². The average Bonchev–Trinajstić information content (AvgIpc) is 2.13. The number of morpholine rings is 1. The minimum absolute atomic E-state index is 0.0733. The zero-order valence-corrected chi connectivity index (χ0v) is 10.1. The molecule has 15 heavy (non-hydrogen) atoms. The Morgan fingerprint density at radius 1 is 1.53 bits per heavy atom. The SMILES string of the molecule is CCNCC(O)CN1CCOC(C)(C)C1. The first-order valence-electron chi connectivity index (χ1n) is 5.78. The summed E-state index contributed by atoms with van der Waals surface area (Å²) in [6, 6.07) is 0. The highest BCUT2D eigenvalue weighted by Gasteiger charge is 2.27. The highest BCUT2D eigenvalue weighted by Crippen LogP contribution is 2.16. The normalized spacial score (nSPS) is 24.0. The fourth-order valence-electron chi connectivity index (χ4n) is 1.94. The summed E-state index contributed by atoms with van der Waals surface area (Å²) in [4.78, 5) is 2.27. The topological polar surface area (TPSA) is 44.7 Å². The van der Waals surface area contributed by atoms with Crippen molar-refractivity contribution >= 4 is 0 Å². The summed E-state index contributed by atoms with van der Waals surface area (Å²) in [5.41, 5.74) is -0.0733. The van der Waals surface area contributed by atoms with Crippen LogP contribution in [0.15, 0.2) is 0 Å². The number of nitrogens with zero attached hydrogens (tertiary/aromatic N) is 1. The van der Waals surface area contributed by atoms with Crippen molar-refractivity contribution in [2.24, 2.45) is 0 Å². The molecule has 0 aliphatic carbocycles. The summed E-state index contributed by atoms with van der Waals surface area (Å²) in [5, 5.41) is 12.9. The number of β-amino-alcohol motifs (C(OH)–C–C–N with tert-alkyl or cyclic N) is 1. The van der Waals surface area contributed by atoms with Crippen LogP contribution in [-0.2, 0) is 4.74 Å². The molecule has 0 radical (unpaired) electrons. The van der Waals surface area contributed by atoms with E-state index in [1.54, 1.807) is 0 Å². The molecule has 1 unspecified atom stereocenters. The molecule has 0 bridgehead atoms. The first-order valence-corrected chi connectivity index (χ1v) is 5.78. The van der Waals surface area contributed by atoms with Gasteiger partial charge in [0.05, 0.1) is 18.3 Å². The second kappa shape index (κ2) is 5.80. The molecule has 0 amide bonds. The van der Waals surface area contributed by atoms with Crippen LogP contribution >= 0.6 is 0 Å². The number of rotatable bonds is 5. The largest absolute Gasteiger partial charge is 0.390 e. The fourth-order valence-corrected chi connectivity index (χ4v) is 1.94. The van der Waals surface area contributed by atoms with Crippen LogP contribution < -0.4 is 5.32 Å². The van der Waals surface area contributed by atoms with Crippen molar-refractivity contribution in [3.05, 3.63) is 0 Å². The predicted octanol–water partition coefficient (Wildman–Crippen LogP) is 0.0676. The number of nitrogens with one attached hydrogen (secondary N) is 1. The third kappa shape index (κ3) is 4.93. The maximum Gasteiger partial charge on any atom is 0.0791 e. The number of aliphatic hydroxyl groups is 1. The number of hydrogen-bond acceptors (Lipinski definition) is 4. The van der Waals surface area contributed by atoms with Crippen LogP contribution in [0.25, 0.3) is 0 Å². The van der Waals surface area contributed by atoms with Crippen LogP contribution in [0.3, 0.4) is 0 Å². The Balaban J connectivity index is 2.25. The molecular weight excluding hydrogens is 192 g/mol. The average molecular weight is 216 g/mol. The molecule has 4 nitrogen and oxygen atoms in total. The number of aliphatic hydroxyl groups excluding tert-OH is 1. The monoisotopic (exact) mass is 216 g/mol. The molecule has 1 aliphatic rings. The molecule has 1 rings (SSSR count). The van der Waals surface area contributed by atoms with Crippen molar-refractivity contribution in [3.8, 4) is 0 Å². The number of hydrogen-bond donors (Lipinski definition) is 2. The van der Waals surface area contributed by atoms with Gasteiger partial charge in [-0.2, -0.15) is 0 Å². The minimum atomic E-state index is -0.279. The Bertz CT molecular complexity index is 185. The quantitative estimate of drug-likeness (QED) is 0.682. The van der Waals surface area contributed by atoms with E-state index in [1.165, 1.54) is 0 Å². The summed E-state index contributed by atoms with van der Waals surface area (Å²) in [5.74, 6) is 0. The Morgan fingerprint density at radius 3 is 2.87 bits per heavy atom. The van der Waals surface area contributed by atoms with Crippen LogP contribution in [0.1, 0.15) is 20.8 Å². The second-order valence-corrected chi connectivity index (χ2v) is 4.80. The Morgan fingerprint density at radius 2 is 2.27 bits per heavy atom. The lowest BCUT2D eigenvalue weighted by atomic mass is 10.1. The van der Waals surface area contributed by atoms with Crippen molar-refractivity contribution < 1.29 is 9.84 Å². The molecule has 0 spiro atoms. The molecule has 1 heterocycles. The Hall–Kier alpha value is -0.160. The van der Waals surface area contributed by atoms with E-state index in [4.69, 9.17) is 4.74 Å². The first kappa shape index (κ1) is 12.9. The molecule has 1 saturated heterocycles. The molecule has 0 aromatic carbocycles. The van der Waals surface area contributed by atoms with Gasteiger partial charge in [-0.05, 0) is 20.4 Å². The summed E-state index contributed by atoms with van der Waals surface area (Å²) in [6.45, 7) is 11.1. The van der Waals surface area contributed by atoms with E-state index in [2.05, 4.69) is 24.1 Å². The van der Waals surface area contributed by atoms with Crippen LogP contribution in [0.5, 0.6) is 0 Å². The third-order valence-corrected chi connectivity index (χ3v) is 2.60. The predicted molar refractivity (Wildman–Crippen MR) is 61.0 cm³/mol. The summed E-state index contributed by atoms with van der Waals surface area (Å²) in [6.07, 6.45) is -0.279. The van der Waals surface area contributed by atoms with Gasteiger partial charge in [-0.1, -0.05) is 6.92 Å². The molecular formula is C11H24N2O2. The summed E-state index contributed by atoms with van der Waals surface area (Å²) >= 11 is 0. The maximum absolute atomic E-state index is 9.76. The summed E-state index contributed by atoms with van der Waals surface area (Å²) in [7, 11) is 0. The van der Waals surface area contributed by atoms with Crippen molar-refractivity contribution in [3.63, 3.8) is 0 Å². The van der Waals surface area contributed by atoms with Gasteiger partial charge in [0.25, 0.3) is 0 Å². The molecule has 2 N–H and O–H groups in total. The number of ether oxygens (including phenoxy) is 1. The lowest BCUT2D eigenvalue weighted by molar-refractivity contribution is -0.0927. The molecule has 90 valence electrons. The van der Waals surface area contributed by atoms with Crippen molar-refractivity contribution in [2.75, 3.05) is 39.3 Å². The van der Waals surface area contributed by atoms with E-state index >= 15 is 0 Å². The third-order valence-electron chi connectivity index (χ3n) is 2.60.